The first-order chi connectivity index (χ1) is 14.9. The highest BCUT2D eigenvalue weighted by atomic mass is 32.2. The molecule has 0 atom stereocenters. The quantitative estimate of drug-likeness (QED) is 0.717. The second-order valence-electron chi connectivity index (χ2n) is 7.85. The number of sulfonamides is 1. The van der Waals surface area contributed by atoms with Crippen LogP contribution >= 0.6 is 0 Å². The lowest BCUT2D eigenvalue weighted by Crippen LogP contribution is -2.47. The zero-order valence-corrected chi connectivity index (χ0v) is 18.4. The lowest BCUT2D eigenvalue weighted by atomic mass is 9.74. The molecule has 1 saturated heterocycles. The summed E-state index contributed by atoms with van der Waals surface area (Å²) in [7, 11) is -3.56. The molecule has 3 aliphatic rings. The number of fused-ring (bicyclic) bond motifs is 1. The first kappa shape index (κ1) is 21.6. The fourth-order valence-corrected chi connectivity index (χ4v) is 5.12. The summed E-state index contributed by atoms with van der Waals surface area (Å²) in [6.45, 7) is 4.50. The second-order valence-corrected chi connectivity index (χ2v) is 9.60. The van der Waals surface area contributed by atoms with Crippen LogP contribution in [0.5, 0.6) is 5.75 Å². The number of amidine groups is 1. The van der Waals surface area contributed by atoms with Crippen molar-refractivity contribution < 1.29 is 22.7 Å². The zero-order chi connectivity index (χ0) is 21.9. The van der Waals surface area contributed by atoms with E-state index >= 15 is 0 Å². The first-order valence-electron chi connectivity index (χ1n) is 10.5. The van der Waals surface area contributed by atoms with Gasteiger partial charge in [-0.25, -0.2) is 8.42 Å². The number of amides is 1. The number of carbonyl (C=O) groups excluding carboxylic acids is 1. The van der Waals surface area contributed by atoms with Gasteiger partial charge in [0.05, 0.1) is 17.9 Å². The highest BCUT2D eigenvalue weighted by Crippen LogP contribution is 2.35. The van der Waals surface area contributed by atoms with Crippen LogP contribution in [0.4, 0.5) is 0 Å². The molecule has 31 heavy (non-hydrogen) atoms. The van der Waals surface area contributed by atoms with E-state index in [0.717, 1.165) is 24.2 Å². The molecule has 0 aliphatic carbocycles. The van der Waals surface area contributed by atoms with Crippen LogP contribution in [0.3, 0.4) is 0 Å². The van der Waals surface area contributed by atoms with Gasteiger partial charge < -0.3 is 19.7 Å². The van der Waals surface area contributed by atoms with Gasteiger partial charge in [0.2, 0.25) is 0 Å². The molecule has 3 heterocycles. The Labute approximate surface area is 182 Å². The van der Waals surface area contributed by atoms with E-state index in [4.69, 9.17) is 9.47 Å². The van der Waals surface area contributed by atoms with Crippen molar-refractivity contribution in [2.45, 2.75) is 25.2 Å². The lowest BCUT2D eigenvalue weighted by molar-refractivity contribution is -0.117. The van der Waals surface area contributed by atoms with E-state index in [1.54, 1.807) is 23.3 Å². The molecule has 0 aromatic heterocycles. The summed E-state index contributed by atoms with van der Waals surface area (Å²) < 4.78 is 38.9. The average Bonchev–Trinajstić information content (AvgIpc) is 2.78. The summed E-state index contributed by atoms with van der Waals surface area (Å²) in [5.74, 6) is 0.611. The summed E-state index contributed by atoms with van der Waals surface area (Å²) >= 11 is 0. The molecule has 4 rings (SSSR count). The number of nitrogens with one attached hydrogen (secondary N) is 1. The fraction of sp³-hybridized carbons (Fsp3) is 0.455. The minimum atomic E-state index is -3.56. The molecule has 1 fully saturated rings. The van der Waals surface area contributed by atoms with E-state index in [-0.39, 0.29) is 35.0 Å². The van der Waals surface area contributed by atoms with Gasteiger partial charge in [0.25, 0.3) is 15.9 Å². The smallest absolute Gasteiger partial charge is 0.256 e. The molecular weight excluding hydrogens is 418 g/mol. The molecule has 3 aliphatic heterocycles. The maximum Gasteiger partial charge on any atom is 0.256 e. The van der Waals surface area contributed by atoms with Gasteiger partial charge in [0, 0.05) is 37.9 Å². The summed E-state index contributed by atoms with van der Waals surface area (Å²) in [4.78, 5) is 14.8. The van der Waals surface area contributed by atoms with Crippen molar-refractivity contribution in [3.05, 3.63) is 53.8 Å². The minimum absolute atomic E-state index is 0.0589. The average molecular weight is 446 g/mol. The molecule has 166 valence electrons. The Bertz CT molecular complexity index is 1020. The molecule has 1 aromatic carbocycles. The summed E-state index contributed by atoms with van der Waals surface area (Å²) in [6.07, 6.45) is 6.65. The standard InChI is InChI=1S/C22H27N3O5S/c1-2-30-18-7-5-17(6-8-18)22(9-13-29-14-10-22)16-23-21(26)19-4-3-11-25-12-15-31(27,28)24-20(19)25/h3-8,11H,2,9-10,12-16H2,1H3,(H,23,26). The van der Waals surface area contributed by atoms with Gasteiger partial charge in [-0.05, 0) is 49.6 Å². The van der Waals surface area contributed by atoms with E-state index in [0.29, 0.717) is 26.4 Å². The van der Waals surface area contributed by atoms with Gasteiger partial charge in [0.1, 0.15) is 5.75 Å². The maximum atomic E-state index is 13.1. The highest BCUT2D eigenvalue weighted by molar-refractivity contribution is 7.90. The third-order valence-corrected chi connectivity index (χ3v) is 7.07. The SMILES string of the molecule is CCOc1ccc(C2(CNC(=O)C3=CC=CN4CCS(=O)(=O)N=C34)CCOCC2)cc1. The monoisotopic (exact) mass is 445 g/mol. The molecule has 0 unspecified atom stereocenters. The summed E-state index contributed by atoms with van der Waals surface area (Å²) in [5, 5.41) is 3.03. The van der Waals surface area contributed by atoms with Gasteiger partial charge in [-0.3, -0.25) is 4.79 Å². The van der Waals surface area contributed by atoms with Crippen LogP contribution in [0.15, 0.2) is 52.6 Å². The second kappa shape index (κ2) is 8.84. The first-order valence-corrected chi connectivity index (χ1v) is 12.1. The van der Waals surface area contributed by atoms with Gasteiger partial charge in [-0.15, -0.1) is 4.40 Å². The number of carbonyl (C=O) groups is 1. The van der Waals surface area contributed by atoms with E-state index in [1.807, 2.05) is 31.2 Å². The maximum absolute atomic E-state index is 13.1. The van der Waals surface area contributed by atoms with E-state index in [9.17, 15) is 13.2 Å². The number of rotatable bonds is 6. The Balaban J connectivity index is 1.53. The molecular formula is C22H27N3O5S. The van der Waals surface area contributed by atoms with E-state index in [1.165, 1.54) is 0 Å². The van der Waals surface area contributed by atoms with Gasteiger partial charge in [-0.1, -0.05) is 12.1 Å². The number of benzene rings is 1. The van der Waals surface area contributed by atoms with Crippen LogP contribution in [-0.4, -0.2) is 63.7 Å². The topological polar surface area (TPSA) is 97.3 Å². The molecule has 9 heteroatoms. The number of ether oxygens (including phenoxy) is 2. The number of nitrogens with zero attached hydrogens (tertiary/aromatic N) is 2. The van der Waals surface area contributed by atoms with Crippen LogP contribution < -0.4 is 10.1 Å². The molecule has 0 saturated carbocycles. The summed E-state index contributed by atoms with van der Waals surface area (Å²) in [5.41, 5.74) is 1.13. The Hall–Kier alpha value is -2.65. The Morgan fingerprint density at radius 2 is 2.00 bits per heavy atom. The molecule has 0 bridgehead atoms. The number of hydrogen-bond donors (Lipinski definition) is 1. The summed E-state index contributed by atoms with van der Waals surface area (Å²) in [6, 6.07) is 7.99. The Morgan fingerprint density at radius 1 is 1.26 bits per heavy atom. The van der Waals surface area contributed by atoms with Crippen molar-refractivity contribution in [3.63, 3.8) is 0 Å². The van der Waals surface area contributed by atoms with Gasteiger partial charge in [0.15, 0.2) is 5.84 Å². The van der Waals surface area contributed by atoms with Gasteiger partial charge >= 0.3 is 0 Å². The van der Waals surface area contributed by atoms with Crippen molar-refractivity contribution >= 4 is 21.8 Å². The van der Waals surface area contributed by atoms with Crippen molar-refractivity contribution in [1.29, 1.82) is 0 Å². The minimum Gasteiger partial charge on any atom is -0.494 e. The Morgan fingerprint density at radius 3 is 2.71 bits per heavy atom. The highest BCUT2D eigenvalue weighted by Gasteiger charge is 2.36. The van der Waals surface area contributed by atoms with Crippen LogP contribution in [0.2, 0.25) is 0 Å². The molecule has 1 N–H and O–H groups in total. The van der Waals surface area contributed by atoms with Crippen molar-refractivity contribution in [3.8, 4) is 5.75 Å². The lowest BCUT2D eigenvalue weighted by Gasteiger charge is -2.38. The third-order valence-electron chi connectivity index (χ3n) is 5.92. The molecule has 1 aromatic rings. The van der Waals surface area contributed by atoms with Crippen LogP contribution in [0.25, 0.3) is 0 Å². The fourth-order valence-electron chi connectivity index (χ4n) is 4.14. The van der Waals surface area contributed by atoms with Gasteiger partial charge in [-0.2, -0.15) is 0 Å². The predicted molar refractivity (Wildman–Crippen MR) is 118 cm³/mol. The van der Waals surface area contributed by atoms with Crippen molar-refractivity contribution in [1.82, 2.24) is 10.2 Å². The van der Waals surface area contributed by atoms with Crippen molar-refractivity contribution in [2.75, 3.05) is 38.7 Å². The normalized spacial score (nSPS) is 21.5. The zero-order valence-electron chi connectivity index (χ0n) is 17.5. The molecule has 8 nitrogen and oxygen atoms in total. The van der Waals surface area contributed by atoms with Crippen LogP contribution in [0, 0.1) is 0 Å². The largest absolute Gasteiger partial charge is 0.494 e. The van der Waals surface area contributed by atoms with E-state index < -0.39 is 10.0 Å². The number of hydrogen-bond acceptors (Lipinski definition) is 6. The van der Waals surface area contributed by atoms with Crippen LogP contribution in [-0.2, 0) is 25.0 Å². The third kappa shape index (κ3) is 4.67. The predicted octanol–water partition coefficient (Wildman–Crippen LogP) is 1.75. The van der Waals surface area contributed by atoms with Crippen molar-refractivity contribution in [2.24, 2.45) is 4.40 Å². The molecule has 1 amide bonds. The van der Waals surface area contributed by atoms with E-state index in [2.05, 4.69) is 9.71 Å². The number of allylic oxidation sites excluding steroid dienone is 2. The van der Waals surface area contributed by atoms with Crippen LogP contribution in [0.1, 0.15) is 25.3 Å². The molecule has 0 spiro atoms. The Kier molecular flexibility index (Phi) is 6.15. The molecule has 0 radical (unpaired) electrons.